The molecule has 0 spiro atoms. The molecule has 7 nitrogen and oxygen atoms in total. The van der Waals surface area contributed by atoms with Crippen molar-refractivity contribution in [1.29, 1.82) is 0 Å². The molecule has 116 valence electrons. The Morgan fingerprint density at radius 1 is 1.38 bits per heavy atom. The molecule has 21 heavy (non-hydrogen) atoms. The summed E-state index contributed by atoms with van der Waals surface area (Å²) in [4.78, 5) is 33.1. The largest absolute Gasteiger partial charge is 0.476 e. The lowest BCUT2D eigenvalue weighted by molar-refractivity contribution is -0.130. The minimum Gasteiger partial charge on any atom is -0.476 e. The van der Waals surface area contributed by atoms with Crippen LogP contribution in [0.5, 0.6) is 0 Å². The number of nitrogens with zero attached hydrogens (tertiary/aromatic N) is 3. The first-order chi connectivity index (χ1) is 9.77. The van der Waals surface area contributed by atoms with Gasteiger partial charge < -0.3 is 15.3 Å². The summed E-state index contributed by atoms with van der Waals surface area (Å²) in [5, 5.41) is 12.1. The lowest BCUT2D eigenvalue weighted by atomic mass is 10.2. The van der Waals surface area contributed by atoms with E-state index < -0.39 is 12.0 Å². The Hall–Kier alpha value is -2.18. The Bertz CT molecular complexity index is 531. The zero-order valence-corrected chi connectivity index (χ0v) is 13.0. The first kappa shape index (κ1) is 16.9. The van der Waals surface area contributed by atoms with Crippen molar-refractivity contribution in [2.75, 3.05) is 18.9 Å². The Balaban J connectivity index is 3.02. The molecule has 0 aliphatic rings. The third-order valence-electron chi connectivity index (χ3n) is 3.12. The molecule has 0 saturated heterocycles. The fraction of sp³-hybridized carbons (Fsp3) is 0.571. The van der Waals surface area contributed by atoms with Crippen LogP contribution >= 0.6 is 0 Å². The molecule has 1 atom stereocenters. The molecule has 1 unspecified atom stereocenters. The topological polar surface area (TPSA) is 95.4 Å². The van der Waals surface area contributed by atoms with E-state index in [1.165, 1.54) is 6.20 Å². The average Bonchev–Trinajstić information content (AvgIpc) is 2.45. The smallest absolute Gasteiger partial charge is 0.356 e. The van der Waals surface area contributed by atoms with Crippen molar-refractivity contribution < 1.29 is 14.7 Å². The van der Waals surface area contributed by atoms with E-state index >= 15 is 0 Å². The molecule has 0 saturated carbocycles. The van der Waals surface area contributed by atoms with Crippen molar-refractivity contribution in [3.05, 3.63) is 17.7 Å². The van der Waals surface area contributed by atoms with Crippen LogP contribution in [0, 0.1) is 0 Å². The SMILES string of the molecule is CCN(C)C(=O)C(C)Nc1cnc(C(C)C)nc1C(=O)O. The van der Waals surface area contributed by atoms with E-state index in [9.17, 15) is 14.7 Å². The molecule has 2 N–H and O–H groups in total. The number of aromatic carboxylic acids is 1. The van der Waals surface area contributed by atoms with Gasteiger partial charge in [0.05, 0.1) is 11.9 Å². The Labute approximate surface area is 124 Å². The summed E-state index contributed by atoms with van der Waals surface area (Å²) in [5.74, 6) is -0.780. The second kappa shape index (κ2) is 7.01. The number of hydrogen-bond acceptors (Lipinski definition) is 5. The van der Waals surface area contributed by atoms with Crippen LogP contribution in [0.3, 0.4) is 0 Å². The van der Waals surface area contributed by atoms with Crippen molar-refractivity contribution in [1.82, 2.24) is 14.9 Å². The molecule has 1 aromatic heterocycles. The van der Waals surface area contributed by atoms with E-state index in [2.05, 4.69) is 15.3 Å². The predicted molar refractivity (Wildman–Crippen MR) is 79.5 cm³/mol. The minimum absolute atomic E-state index is 0.0300. The summed E-state index contributed by atoms with van der Waals surface area (Å²) in [5.41, 5.74) is 0.129. The highest BCUT2D eigenvalue weighted by Gasteiger charge is 2.21. The first-order valence-corrected chi connectivity index (χ1v) is 6.89. The number of anilines is 1. The summed E-state index contributed by atoms with van der Waals surface area (Å²) in [6.07, 6.45) is 1.42. The molecule has 0 bridgehead atoms. The van der Waals surface area contributed by atoms with Gasteiger partial charge in [0.15, 0.2) is 5.69 Å². The molecule has 1 heterocycles. The summed E-state index contributed by atoms with van der Waals surface area (Å²) in [7, 11) is 1.69. The van der Waals surface area contributed by atoms with Gasteiger partial charge in [-0.25, -0.2) is 14.8 Å². The monoisotopic (exact) mass is 294 g/mol. The highest BCUT2D eigenvalue weighted by molar-refractivity contribution is 5.93. The number of aromatic nitrogens is 2. The molecular weight excluding hydrogens is 272 g/mol. The molecule has 1 amide bonds. The normalized spacial score (nSPS) is 12.1. The predicted octanol–water partition coefficient (Wildman–Crippen LogP) is 1.58. The van der Waals surface area contributed by atoms with Gasteiger partial charge in [0, 0.05) is 19.5 Å². The average molecular weight is 294 g/mol. The maximum absolute atomic E-state index is 12.0. The number of carbonyl (C=O) groups excluding carboxylic acids is 1. The van der Waals surface area contributed by atoms with E-state index in [1.54, 1.807) is 18.9 Å². The van der Waals surface area contributed by atoms with E-state index in [4.69, 9.17) is 0 Å². The number of amides is 1. The number of likely N-dealkylation sites (N-methyl/N-ethyl adjacent to an activating group) is 1. The van der Waals surface area contributed by atoms with E-state index in [0.29, 0.717) is 12.4 Å². The van der Waals surface area contributed by atoms with Crippen molar-refractivity contribution >= 4 is 17.6 Å². The van der Waals surface area contributed by atoms with Gasteiger partial charge in [0.1, 0.15) is 11.9 Å². The van der Waals surface area contributed by atoms with Gasteiger partial charge in [0.2, 0.25) is 5.91 Å². The molecule has 0 fully saturated rings. The van der Waals surface area contributed by atoms with Crippen LogP contribution in [-0.4, -0.2) is 51.5 Å². The molecule has 0 aromatic carbocycles. The van der Waals surface area contributed by atoms with Gasteiger partial charge >= 0.3 is 5.97 Å². The summed E-state index contributed by atoms with van der Waals surface area (Å²) in [6, 6.07) is -0.554. The molecule has 7 heteroatoms. The van der Waals surface area contributed by atoms with Gasteiger partial charge in [-0.1, -0.05) is 13.8 Å². The van der Waals surface area contributed by atoms with Gasteiger partial charge in [-0.2, -0.15) is 0 Å². The molecule has 0 aliphatic carbocycles. The molecule has 1 rings (SSSR count). The lowest BCUT2D eigenvalue weighted by Crippen LogP contribution is -2.39. The van der Waals surface area contributed by atoms with Crippen molar-refractivity contribution in [3.8, 4) is 0 Å². The standard InChI is InChI=1S/C14H22N4O3/c1-6-18(5)13(19)9(4)16-10-7-15-12(8(2)3)17-11(10)14(20)21/h7-9,16H,6H2,1-5H3,(H,20,21). The highest BCUT2D eigenvalue weighted by Crippen LogP contribution is 2.17. The van der Waals surface area contributed by atoms with Gasteiger partial charge in [-0.3, -0.25) is 4.79 Å². The van der Waals surface area contributed by atoms with Crippen LogP contribution < -0.4 is 5.32 Å². The third-order valence-corrected chi connectivity index (χ3v) is 3.12. The number of hydrogen-bond donors (Lipinski definition) is 2. The number of carboxylic acids is 1. The van der Waals surface area contributed by atoms with E-state index in [0.717, 1.165) is 0 Å². The van der Waals surface area contributed by atoms with Crippen LogP contribution in [0.15, 0.2) is 6.20 Å². The highest BCUT2D eigenvalue weighted by atomic mass is 16.4. The Morgan fingerprint density at radius 3 is 2.48 bits per heavy atom. The zero-order chi connectivity index (χ0) is 16.2. The number of rotatable bonds is 6. The van der Waals surface area contributed by atoms with Crippen LogP contribution in [0.1, 0.15) is 49.9 Å². The number of carbonyl (C=O) groups is 2. The van der Waals surface area contributed by atoms with Gasteiger partial charge in [-0.05, 0) is 13.8 Å². The van der Waals surface area contributed by atoms with E-state index in [1.807, 2.05) is 20.8 Å². The molecule has 0 radical (unpaired) electrons. The Kier molecular flexibility index (Phi) is 5.63. The lowest BCUT2D eigenvalue weighted by Gasteiger charge is -2.21. The van der Waals surface area contributed by atoms with Crippen LogP contribution in [0.25, 0.3) is 0 Å². The summed E-state index contributed by atoms with van der Waals surface area (Å²) in [6.45, 7) is 7.90. The first-order valence-electron chi connectivity index (χ1n) is 6.89. The molecular formula is C14H22N4O3. The maximum Gasteiger partial charge on any atom is 0.356 e. The van der Waals surface area contributed by atoms with Gasteiger partial charge in [0.25, 0.3) is 0 Å². The third kappa shape index (κ3) is 4.14. The second-order valence-corrected chi connectivity index (χ2v) is 5.17. The van der Waals surface area contributed by atoms with E-state index in [-0.39, 0.29) is 23.2 Å². The minimum atomic E-state index is -1.15. The molecule has 0 aliphatic heterocycles. The van der Waals surface area contributed by atoms with Crippen LogP contribution in [-0.2, 0) is 4.79 Å². The number of carboxylic acid groups (broad SMARTS) is 1. The number of nitrogens with one attached hydrogen (secondary N) is 1. The summed E-state index contributed by atoms with van der Waals surface area (Å²) < 4.78 is 0. The second-order valence-electron chi connectivity index (χ2n) is 5.17. The quantitative estimate of drug-likeness (QED) is 0.827. The van der Waals surface area contributed by atoms with Crippen molar-refractivity contribution in [2.24, 2.45) is 0 Å². The maximum atomic E-state index is 12.0. The summed E-state index contributed by atoms with van der Waals surface area (Å²) >= 11 is 0. The zero-order valence-electron chi connectivity index (χ0n) is 13.0. The van der Waals surface area contributed by atoms with Crippen LogP contribution in [0.2, 0.25) is 0 Å². The van der Waals surface area contributed by atoms with Crippen molar-refractivity contribution in [2.45, 2.75) is 39.7 Å². The fourth-order valence-corrected chi connectivity index (χ4v) is 1.72. The Morgan fingerprint density at radius 2 is 2.00 bits per heavy atom. The fourth-order valence-electron chi connectivity index (χ4n) is 1.72. The van der Waals surface area contributed by atoms with Crippen LogP contribution in [0.4, 0.5) is 5.69 Å². The van der Waals surface area contributed by atoms with Gasteiger partial charge in [-0.15, -0.1) is 0 Å². The van der Waals surface area contributed by atoms with Crippen molar-refractivity contribution in [3.63, 3.8) is 0 Å². The molecule has 1 aromatic rings.